The molecule has 6 heterocycles. The number of rotatable bonds is 17. The van der Waals surface area contributed by atoms with Gasteiger partial charge in [0.05, 0.1) is 17.3 Å². The molecule has 0 saturated carbocycles. The number of furan rings is 3. The zero-order valence-corrected chi connectivity index (χ0v) is 77.8. The Hall–Kier alpha value is -11.4. The Morgan fingerprint density at radius 2 is 0.617 bits per heavy atom. The van der Waals surface area contributed by atoms with Crippen LogP contribution in [0.15, 0.2) is 310 Å². The van der Waals surface area contributed by atoms with E-state index in [2.05, 4.69) is 268 Å². The number of hydrogen-bond acceptors (Lipinski definition) is 12. The summed E-state index contributed by atoms with van der Waals surface area (Å²) in [6, 6.07) is 93.9. The van der Waals surface area contributed by atoms with Gasteiger partial charge in [0.25, 0.3) is 0 Å². The number of aliphatic hydroxyl groups excluding tert-OH is 3. The first-order chi connectivity index (χ1) is 56.0. The third-order valence-corrected chi connectivity index (χ3v) is 19.1. The molecule has 0 unspecified atom stereocenters. The number of aliphatic hydroxyl groups is 3. The fraction of sp³-hybridized carbons (Fsp3) is 0.200. The summed E-state index contributed by atoms with van der Waals surface area (Å²) in [6.07, 6.45) is 9.19. The van der Waals surface area contributed by atoms with E-state index in [-0.39, 0.29) is 94.9 Å². The van der Waals surface area contributed by atoms with E-state index in [0.29, 0.717) is 29.6 Å². The van der Waals surface area contributed by atoms with Crippen molar-refractivity contribution in [3.8, 4) is 101 Å². The zero-order valence-electron chi connectivity index (χ0n) is 70.6. The fourth-order valence-electron chi connectivity index (χ4n) is 13.2. The van der Waals surface area contributed by atoms with Crippen LogP contribution < -0.4 is 0 Å². The van der Waals surface area contributed by atoms with Crippen LogP contribution in [0.5, 0.6) is 0 Å². The molecule has 9 aromatic carbocycles. The number of hydrogen-bond donors (Lipinski definition) is 3. The van der Waals surface area contributed by atoms with Gasteiger partial charge in [0.15, 0.2) is 17.3 Å². The van der Waals surface area contributed by atoms with Crippen LogP contribution in [0.3, 0.4) is 0 Å². The molecule has 0 saturated heterocycles. The molecule has 0 aliphatic rings. The maximum absolute atomic E-state index is 10.0. The van der Waals surface area contributed by atoms with Crippen molar-refractivity contribution in [2.45, 2.75) is 140 Å². The van der Waals surface area contributed by atoms with Crippen molar-refractivity contribution in [2.24, 2.45) is 0 Å². The van der Waals surface area contributed by atoms with Crippen LogP contribution in [0.25, 0.3) is 134 Å². The Morgan fingerprint density at radius 1 is 0.308 bits per heavy atom. The maximum atomic E-state index is 10.0. The van der Waals surface area contributed by atoms with Gasteiger partial charge in [-0.15, -0.1) is 106 Å². The first-order valence-corrected chi connectivity index (χ1v) is 39.5. The van der Waals surface area contributed by atoms with Crippen LogP contribution in [0, 0.1) is 18.2 Å². The summed E-state index contributed by atoms with van der Waals surface area (Å²) in [7, 11) is 0. The number of ketones is 3. The smallest absolute Gasteiger partial charge is 0.155 e. The van der Waals surface area contributed by atoms with Gasteiger partial charge in [0, 0.05) is 130 Å². The van der Waals surface area contributed by atoms with E-state index in [1.165, 1.54) is 110 Å². The van der Waals surface area contributed by atoms with Gasteiger partial charge in [-0.2, -0.15) is 0 Å². The molecular weight excluding hydrogens is 2020 g/mol. The standard InChI is InChI=1S/2C31H28NO.C28H22NO.3C5H8O2.3Ir/c1-20(2)26-14-9-15-27(21(3)4)31(26)30-17-25-19-32-28(18-29(25)33-30)24-13-8-12-23(16-24)22-10-6-5-7-11-22;1-20(2)25-14-26(21(3)4)16-27(15-25)30-17-28-19-32-29(18-31(28)33-30)24-12-8-11-23(13-24)22-9-6-5-7-10-22;1-19(2)20-11-13-22(14-12-20)27-16-25-18-29-26(17-28(25)30-27)24-10-6-9-23(15-24)21-7-4-3-5-8-21;3*1-4(6)3-5(2)7;;;/h5-12,14-21H,1-4H3;5-11,13-21H,1-4H3;3-9,11-19H,1-2H3;3*3,6H,1-2H3;;;/q3*-1;;;;;;. The number of nitrogens with zero attached hydrogens (tertiary/aromatic N) is 3. The minimum absolute atomic E-state index is 0. The van der Waals surface area contributed by atoms with Crippen LogP contribution in [0.4, 0.5) is 0 Å². The summed E-state index contributed by atoms with van der Waals surface area (Å²) in [5.74, 6) is 4.75. The van der Waals surface area contributed by atoms with E-state index in [1.54, 1.807) is 0 Å². The molecule has 15 heteroatoms. The second-order valence-corrected chi connectivity index (χ2v) is 30.5. The summed E-state index contributed by atoms with van der Waals surface area (Å²) >= 11 is 0. The van der Waals surface area contributed by atoms with E-state index in [1.807, 2.05) is 85.3 Å². The second-order valence-electron chi connectivity index (χ2n) is 30.5. The van der Waals surface area contributed by atoms with Crippen LogP contribution in [-0.4, -0.2) is 47.6 Å². The van der Waals surface area contributed by atoms with E-state index in [9.17, 15) is 14.4 Å². The summed E-state index contributed by atoms with van der Waals surface area (Å²) in [4.78, 5) is 44.2. The van der Waals surface area contributed by atoms with Crippen molar-refractivity contribution in [1.29, 1.82) is 0 Å². The molecule has 621 valence electrons. The molecule has 6 aromatic heterocycles. The third kappa shape index (κ3) is 27.1. The fourth-order valence-corrected chi connectivity index (χ4v) is 13.2. The predicted octanol–water partition coefficient (Wildman–Crippen LogP) is 28.6. The third-order valence-electron chi connectivity index (χ3n) is 19.1. The number of pyridine rings is 3. The van der Waals surface area contributed by atoms with Gasteiger partial charge >= 0.3 is 0 Å². The number of carbonyl (C=O) groups excluding carboxylic acids is 3. The van der Waals surface area contributed by atoms with Crippen molar-refractivity contribution in [3.63, 3.8) is 0 Å². The molecule has 3 radical (unpaired) electrons. The molecular formula is C105H102Ir3N3O9-3. The molecule has 3 N–H and O–H groups in total. The van der Waals surface area contributed by atoms with Crippen LogP contribution in [-0.2, 0) is 74.7 Å². The minimum Gasteiger partial charge on any atom is -0.512 e. The van der Waals surface area contributed by atoms with E-state index >= 15 is 0 Å². The van der Waals surface area contributed by atoms with Crippen molar-refractivity contribution in [1.82, 2.24) is 15.0 Å². The van der Waals surface area contributed by atoms with Gasteiger partial charge in [-0.05, 0) is 181 Å². The van der Waals surface area contributed by atoms with E-state index in [4.69, 9.17) is 38.5 Å². The van der Waals surface area contributed by atoms with Gasteiger partial charge in [-0.3, -0.25) is 14.4 Å². The number of aromatic nitrogens is 3. The number of allylic oxidation sites excluding steroid dienone is 6. The zero-order chi connectivity index (χ0) is 84.0. The summed E-state index contributed by atoms with van der Waals surface area (Å²) in [5.41, 5.74) is 25.0. The number of benzene rings is 9. The normalized spacial score (nSPS) is 11.2. The van der Waals surface area contributed by atoms with Gasteiger partial charge < -0.3 is 43.5 Å². The topological polar surface area (TPSA) is 190 Å². The Kier molecular flexibility index (Phi) is 36.5. The van der Waals surface area contributed by atoms with Gasteiger partial charge in [0.1, 0.15) is 34.0 Å². The Balaban J connectivity index is 0.000000219. The first-order valence-electron chi connectivity index (χ1n) is 39.5. The van der Waals surface area contributed by atoms with E-state index < -0.39 is 0 Å². The minimum atomic E-state index is -0.125. The largest absolute Gasteiger partial charge is 0.512 e. The van der Waals surface area contributed by atoms with Crippen LogP contribution in [0.2, 0.25) is 0 Å². The molecule has 0 fully saturated rings. The molecule has 0 bridgehead atoms. The summed E-state index contributed by atoms with van der Waals surface area (Å²) in [6.45, 7) is 30.8. The molecule has 0 aliphatic heterocycles. The average Bonchev–Trinajstić information content (AvgIpc) is 1.62. The Bertz CT molecular complexity index is 5860. The monoisotopic (exact) mass is 2130 g/mol. The van der Waals surface area contributed by atoms with E-state index in [0.717, 1.165) is 112 Å². The Morgan fingerprint density at radius 3 is 0.908 bits per heavy atom. The molecule has 0 amide bonds. The maximum Gasteiger partial charge on any atom is 0.155 e. The average molecular weight is 2130 g/mol. The molecule has 12 nitrogen and oxygen atoms in total. The molecule has 0 spiro atoms. The van der Waals surface area contributed by atoms with Crippen LogP contribution >= 0.6 is 0 Å². The van der Waals surface area contributed by atoms with Crippen molar-refractivity contribution in [2.75, 3.05) is 0 Å². The molecule has 120 heavy (non-hydrogen) atoms. The number of carbonyl (C=O) groups is 3. The first kappa shape index (κ1) is 95.8. The molecule has 0 aliphatic carbocycles. The van der Waals surface area contributed by atoms with Crippen molar-refractivity contribution >= 4 is 50.3 Å². The molecule has 0 atom stereocenters. The van der Waals surface area contributed by atoms with Crippen LogP contribution in [0.1, 0.15) is 168 Å². The summed E-state index contributed by atoms with van der Waals surface area (Å²) in [5, 5.41) is 28.1. The van der Waals surface area contributed by atoms with Gasteiger partial charge in [-0.25, -0.2) is 0 Å². The van der Waals surface area contributed by atoms with Gasteiger partial charge in [0.2, 0.25) is 0 Å². The SMILES string of the molecule is CC(=O)C=C(C)O.CC(=O)C=C(C)O.CC(=O)C=C(C)O.CC(C)c1cc(-c2cc3cnc(-c4[c-]ccc(-c5ccccc5)c4)cc3o2)cc(C(C)C)c1.CC(C)c1ccc(-c2cc3cnc(-c4[c-]ccc(-c5ccccc5)c4)cc3o2)cc1.CC(C)c1cccc(C(C)C)c1-c1cc2cnc(-c3[c-]ccc(-c4ccccc4)c3)cc2o1.[Ir].[Ir].[Ir]. The van der Waals surface area contributed by atoms with Gasteiger partial charge in [-0.1, -0.05) is 209 Å². The quantitative estimate of drug-likeness (QED) is 0.0445. The Labute approximate surface area is 746 Å². The van der Waals surface area contributed by atoms with Crippen molar-refractivity contribution in [3.05, 3.63) is 343 Å². The molecule has 15 rings (SSSR count). The second kappa shape index (κ2) is 45.7. The van der Waals surface area contributed by atoms with Crippen molar-refractivity contribution < 1.29 is 103 Å². The molecule has 15 aromatic rings. The summed E-state index contributed by atoms with van der Waals surface area (Å²) < 4.78 is 19.0. The number of fused-ring (bicyclic) bond motifs is 3. The predicted molar refractivity (Wildman–Crippen MR) is 479 cm³/mol.